The molecule has 1 heterocycles. The standard InChI is InChI=1S/C26H34O5S/c1-26(2)24(30)20(10-5-3-4-6-12-23(28)29)21(25(26)31)14-13-18(27)16-19-15-17-9-7-8-11-22(17)32-19/h3,5,7-9,11,15,18,20-21,25,27,31H,4,6,10,12-14,16H2,1-2H3,(H,28,29)/t18?,20-,21-,25+/m1/s1. The smallest absolute Gasteiger partial charge is 0.303 e. The van der Waals surface area contributed by atoms with Crippen molar-refractivity contribution in [2.45, 2.75) is 71.0 Å². The number of unbranched alkanes of at least 4 members (excludes halogenated alkanes) is 1. The van der Waals surface area contributed by atoms with E-state index in [1.807, 2.05) is 24.3 Å². The summed E-state index contributed by atoms with van der Waals surface area (Å²) in [5.41, 5.74) is -0.789. The summed E-state index contributed by atoms with van der Waals surface area (Å²) in [6, 6.07) is 10.3. The van der Waals surface area contributed by atoms with Gasteiger partial charge in [0.1, 0.15) is 5.78 Å². The second kappa shape index (κ2) is 10.7. The lowest BCUT2D eigenvalue weighted by atomic mass is 9.85. The fourth-order valence-corrected chi connectivity index (χ4v) is 5.94. The Morgan fingerprint density at radius 2 is 2.00 bits per heavy atom. The van der Waals surface area contributed by atoms with Gasteiger partial charge >= 0.3 is 5.97 Å². The molecule has 1 aliphatic rings. The molecule has 0 spiro atoms. The molecule has 1 aliphatic carbocycles. The van der Waals surface area contributed by atoms with Gasteiger partial charge in [-0.25, -0.2) is 0 Å². The number of carboxylic acid groups (broad SMARTS) is 1. The van der Waals surface area contributed by atoms with Crippen molar-refractivity contribution in [1.82, 2.24) is 0 Å². The number of ketones is 1. The van der Waals surface area contributed by atoms with E-state index in [1.165, 1.54) is 10.1 Å². The lowest BCUT2D eigenvalue weighted by Gasteiger charge is -2.25. The molecule has 0 bridgehead atoms. The number of Topliss-reactive ketones (excluding diaryl/α,β-unsaturated/α-hetero) is 1. The van der Waals surface area contributed by atoms with Gasteiger partial charge in [-0.3, -0.25) is 9.59 Å². The van der Waals surface area contributed by atoms with Crippen LogP contribution in [0.3, 0.4) is 0 Å². The van der Waals surface area contributed by atoms with Crippen molar-refractivity contribution in [2.24, 2.45) is 17.3 Å². The van der Waals surface area contributed by atoms with E-state index in [4.69, 9.17) is 5.11 Å². The molecular weight excluding hydrogens is 424 g/mol. The van der Waals surface area contributed by atoms with Crippen LogP contribution >= 0.6 is 11.3 Å². The van der Waals surface area contributed by atoms with Gasteiger partial charge in [0.2, 0.25) is 0 Å². The monoisotopic (exact) mass is 458 g/mol. The first-order chi connectivity index (χ1) is 15.2. The van der Waals surface area contributed by atoms with Crippen molar-refractivity contribution in [3.63, 3.8) is 0 Å². The zero-order valence-electron chi connectivity index (χ0n) is 18.9. The van der Waals surface area contributed by atoms with Gasteiger partial charge in [-0.05, 0) is 55.5 Å². The lowest BCUT2D eigenvalue weighted by Crippen LogP contribution is -2.32. The molecular formula is C26H34O5S. The Morgan fingerprint density at radius 1 is 1.25 bits per heavy atom. The molecule has 1 fully saturated rings. The van der Waals surface area contributed by atoms with E-state index in [9.17, 15) is 19.8 Å². The summed E-state index contributed by atoms with van der Waals surface area (Å²) in [5, 5.41) is 31.4. The molecule has 1 aromatic carbocycles. The molecule has 1 saturated carbocycles. The van der Waals surface area contributed by atoms with Gasteiger partial charge < -0.3 is 15.3 Å². The van der Waals surface area contributed by atoms with Gasteiger partial charge in [-0.15, -0.1) is 11.3 Å². The highest BCUT2D eigenvalue weighted by molar-refractivity contribution is 7.19. The van der Waals surface area contributed by atoms with Crippen molar-refractivity contribution in [2.75, 3.05) is 0 Å². The maximum Gasteiger partial charge on any atom is 0.303 e. The summed E-state index contributed by atoms with van der Waals surface area (Å²) < 4.78 is 1.21. The van der Waals surface area contributed by atoms with Crippen LogP contribution in [-0.4, -0.2) is 39.3 Å². The van der Waals surface area contributed by atoms with E-state index < -0.39 is 23.6 Å². The van der Waals surface area contributed by atoms with Gasteiger partial charge in [0.15, 0.2) is 0 Å². The van der Waals surface area contributed by atoms with Crippen LogP contribution in [0.5, 0.6) is 0 Å². The largest absolute Gasteiger partial charge is 0.481 e. The molecule has 3 N–H and O–H groups in total. The molecule has 0 radical (unpaired) electrons. The minimum absolute atomic E-state index is 0.0733. The van der Waals surface area contributed by atoms with E-state index in [0.29, 0.717) is 38.5 Å². The second-order valence-electron chi connectivity index (χ2n) is 9.48. The molecule has 5 nitrogen and oxygen atoms in total. The van der Waals surface area contributed by atoms with Crippen molar-refractivity contribution < 1.29 is 24.9 Å². The number of aliphatic hydroxyl groups excluding tert-OH is 2. The average molecular weight is 459 g/mol. The summed E-state index contributed by atoms with van der Waals surface area (Å²) in [6.45, 7) is 3.61. The Balaban J connectivity index is 1.57. The van der Waals surface area contributed by atoms with E-state index >= 15 is 0 Å². The molecule has 4 atom stereocenters. The van der Waals surface area contributed by atoms with Crippen molar-refractivity contribution >= 4 is 33.2 Å². The van der Waals surface area contributed by atoms with Gasteiger partial charge in [-0.2, -0.15) is 0 Å². The fourth-order valence-electron chi connectivity index (χ4n) is 4.80. The first kappa shape index (κ1) is 24.6. The van der Waals surface area contributed by atoms with Crippen LogP contribution in [0.1, 0.15) is 57.2 Å². The highest BCUT2D eigenvalue weighted by Crippen LogP contribution is 2.46. The Labute approximate surface area is 193 Å². The van der Waals surface area contributed by atoms with Crippen LogP contribution in [0, 0.1) is 17.3 Å². The number of rotatable bonds is 11. The highest BCUT2D eigenvalue weighted by Gasteiger charge is 2.53. The van der Waals surface area contributed by atoms with E-state index in [-0.39, 0.29) is 24.0 Å². The quantitative estimate of drug-likeness (QED) is 0.326. The molecule has 1 unspecified atom stereocenters. The third kappa shape index (κ3) is 5.85. The number of carboxylic acids is 1. The number of fused-ring (bicyclic) bond motifs is 1. The predicted molar refractivity (Wildman–Crippen MR) is 128 cm³/mol. The highest BCUT2D eigenvalue weighted by atomic mass is 32.1. The van der Waals surface area contributed by atoms with Gasteiger partial charge in [0.25, 0.3) is 0 Å². The van der Waals surface area contributed by atoms with Crippen LogP contribution in [0.2, 0.25) is 0 Å². The summed E-state index contributed by atoms with van der Waals surface area (Å²) in [7, 11) is 0. The van der Waals surface area contributed by atoms with Crippen LogP contribution in [0.25, 0.3) is 10.1 Å². The second-order valence-corrected chi connectivity index (χ2v) is 10.6. The van der Waals surface area contributed by atoms with Crippen molar-refractivity contribution in [3.05, 3.63) is 47.4 Å². The number of carbonyl (C=O) groups is 2. The number of hydrogen-bond acceptors (Lipinski definition) is 5. The summed E-state index contributed by atoms with van der Waals surface area (Å²) >= 11 is 1.69. The molecule has 174 valence electrons. The fraction of sp³-hybridized carbons (Fsp3) is 0.538. The van der Waals surface area contributed by atoms with E-state index in [0.717, 1.165) is 4.88 Å². The van der Waals surface area contributed by atoms with Crippen LogP contribution in [0.4, 0.5) is 0 Å². The molecule has 0 amide bonds. The maximum atomic E-state index is 13.0. The summed E-state index contributed by atoms with van der Waals surface area (Å²) in [4.78, 5) is 24.7. The molecule has 3 rings (SSSR count). The zero-order valence-corrected chi connectivity index (χ0v) is 19.7. The van der Waals surface area contributed by atoms with Crippen LogP contribution in [-0.2, 0) is 16.0 Å². The van der Waals surface area contributed by atoms with Crippen molar-refractivity contribution in [3.8, 4) is 0 Å². The topological polar surface area (TPSA) is 94.8 Å². The molecule has 2 aromatic rings. The average Bonchev–Trinajstić information content (AvgIpc) is 3.21. The number of hydrogen-bond donors (Lipinski definition) is 3. The summed E-state index contributed by atoms with van der Waals surface area (Å²) in [6.07, 6.45) is 6.27. The Bertz CT molecular complexity index is 927. The number of benzene rings is 1. The first-order valence-corrected chi connectivity index (χ1v) is 12.3. The van der Waals surface area contributed by atoms with Crippen LogP contribution < -0.4 is 0 Å². The number of thiophene rings is 1. The minimum Gasteiger partial charge on any atom is -0.481 e. The maximum absolute atomic E-state index is 13.0. The SMILES string of the molecule is CC1(C)C(=O)[C@H](CC=CCCCC(=O)O)[C@@H](CCC(O)Cc2cc3ccccc3s2)[C@@H]1O. The molecule has 32 heavy (non-hydrogen) atoms. The molecule has 6 heteroatoms. The zero-order chi connectivity index (χ0) is 23.3. The number of aliphatic hydroxyl groups is 2. The first-order valence-electron chi connectivity index (χ1n) is 11.4. The predicted octanol–water partition coefficient (Wildman–Crippen LogP) is 4.99. The minimum atomic E-state index is -0.802. The van der Waals surface area contributed by atoms with Gasteiger partial charge in [0, 0.05) is 33.8 Å². The summed E-state index contributed by atoms with van der Waals surface area (Å²) in [5.74, 6) is -1.18. The van der Waals surface area contributed by atoms with Crippen molar-refractivity contribution in [1.29, 1.82) is 0 Å². The van der Waals surface area contributed by atoms with E-state index in [2.05, 4.69) is 18.2 Å². The Morgan fingerprint density at radius 3 is 2.72 bits per heavy atom. The lowest BCUT2D eigenvalue weighted by molar-refractivity contribution is -0.137. The third-order valence-electron chi connectivity index (χ3n) is 6.70. The van der Waals surface area contributed by atoms with E-state index in [1.54, 1.807) is 25.2 Å². The normalized spacial score (nSPS) is 23.9. The van der Waals surface area contributed by atoms with Crippen LogP contribution in [0.15, 0.2) is 42.5 Å². The van der Waals surface area contributed by atoms with Gasteiger partial charge in [-0.1, -0.05) is 44.2 Å². The molecule has 1 aromatic heterocycles. The molecule has 0 saturated heterocycles. The third-order valence-corrected chi connectivity index (χ3v) is 7.84. The molecule has 0 aliphatic heterocycles. The van der Waals surface area contributed by atoms with Gasteiger partial charge in [0.05, 0.1) is 12.2 Å². The number of carbonyl (C=O) groups excluding carboxylic acids is 1. The number of aliphatic carboxylic acids is 1. The Hall–Kier alpha value is -2.02. The number of allylic oxidation sites excluding steroid dienone is 2. The Kier molecular flexibility index (Phi) is 8.26.